The standard InChI is InChI=1S/C13H28O3/c1-12(2)15-10-6-8-14-9-7-11-16-13(3,4)5/h12H,6-11H2,1-5H3. The fourth-order valence-corrected chi connectivity index (χ4v) is 1.12. The zero-order valence-electron chi connectivity index (χ0n) is 11.5. The summed E-state index contributed by atoms with van der Waals surface area (Å²) in [5, 5.41) is 0. The Hall–Kier alpha value is -0.120. The van der Waals surface area contributed by atoms with E-state index in [0.717, 1.165) is 39.3 Å². The summed E-state index contributed by atoms with van der Waals surface area (Å²) in [6, 6.07) is 0. The van der Waals surface area contributed by atoms with Crippen molar-refractivity contribution >= 4 is 0 Å². The van der Waals surface area contributed by atoms with Gasteiger partial charge in [0.2, 0.25) is 0 Å². The van der Waals surface area contributed by atoms with E-state index in [2.05, 4.69) is 20.8 Å². The molecule has 0 aliphatic carbocycles. The van der Waals surface area contributed by atoms with Gasteiger partial charge in [0.1, 0.15) is 0 Å². The van der Waals surface area contributed by atoms with Crippen molar-refractivity contribution in [1.29, 1.82) is 0 Å². The molecule has 0 atom stereocenters. The van der Waals surface area contributed by atoms with Crippen molar-refractivity contribution in [3.05, 3.63) is 0 Å². The molecule has 0 aromatic heterocycles. The maximum absolute atomic E-state index is 5.58. The third kappa shape index (κ3) is 13.9. The molecule has 0 N–H and O–H groups in total. The van der Waals surface area contributed by atoms with Crippen molar-refractivity contribution in [2.75, 3.05) is 26.4 Å². The second-order valence-electron chi connectivity index (χ2n) is 5.20. The molecule has 0 aromatic carbocycles. The lowest BCUT2D eigenvalue weighted by Gasteiger charge is -2.19. The van der Waals surface area contributed by atoms with Crippen molar-refractivity contribution in [3.8, 4) is 0 Å². The summed E-state index contributed by atoms with van der Waals surface area (Å²) in [5.41, 5.74) is -0.0366. The second-order valence-corrected chi connectivity index (χ2v) is 5.20. The molecule has 0 fully saturated rings. The normalized spacial score (nSPS) is 12.4. The van der Waals surface area contributed by atoms with Crippen LogP contribution in [-0.2, 0) is 14.2 Å². The molecule has 3 heteroatoms. The largest absolute Gasteiger partial charge is 0.381 e. The lowest BCUT2D eigenvalue weighted by atomic mass is 10.2. The van der Waals surface area contributed by atoms with Gasteiger partial charge in [0.05, 0.1) is 11.7 Å². The Balaban J connectivity index is 3.05. The lowest BCUT2D eigenvalue weighted by Crippen LogP contribution is -2.20. The first-order chi connectivity index (χ1) is 7.42. The van der Waals surface area contributed by atoms with Crippen molar-refractivity contribution in [3.63, 3.8) is 0 Å². The Morgan fingerprint density at radius 3 is 1.94 bits per heavy atom. The van der Waals surface area contributed by atoms with Crippen molar-refractivity contribution < 1.29 is 14.2 Å². The monoisotopic (exact) mass is 232 g/mol. The molecule has 3 nitrogen and oxygen atoms in total. The van der Waals surface area contributed by atoms with Gasteiger partial charge in [-0.2, -0.15) is 0 Å². The number of hydrogen-bond donors (Lipinski definition) is 0. The summed E-state index contributed by atoms with van der Waals surface area (Å²) < 4.78 is 16.5. The van der Waals surface area contributed by atoms with Gasteiger partial charge in [-0.05, 0) is 47.5 Å². The van der Waals surface area contributed by atoms with E-state index in [4.69, 9.17) is 14.2 Å². The Bertz CT molecular complexity index is 150. The van der Waals surface area contributed by atoms with Gasteiger partial charge in [-0.3, -0.25) is 0 Å². The van der Waals surface area contributed by atoms with E-state index in [1.165, 1.54) is 0 Å². The van der Waals surface area contributed by atoms with Crippen LogP contribution in [0, 0.1) is 0 Å². The predicted molar refractivity (Wildman–Crippen MR) is 66.8 cm³/mol. The third-order valence-corrected chi connectivity index (χ3v) is 1.85. The molecule has 0 saturated heterocycles. The molecular weight excluding hydrogens is 204 g/mol. The molecule has 98 valence electrons. The minimum Gasteiger partial charge on any atom is -0.381 e. The first-order valence-corrected chi connectivity index (χ1v) is 6.25. The molecule has 0 saturated carbocycles. The zero-order chi connectivity index (χ0) is 12.4. The lowest BCUT2D eigenvalue weighted by molar-refractivity contribution is -0.0155. The van der Waals surface area contributed by atoms with Crippen LogP contribution < -0.4 is 0 Å². The van der Waals surface area contributed by atoms with Crippen molar-refractivity contribution in [1.82, 2.24) is 0 Å². The van der Waals surface area contributed by atoms with E-state index in [-0.39, 0.29) is 5.60 Å². The average molecular weight is 232 g/mol. The van der Waals surface area contributed by atoms with Gasteiger partial charge in [0, 0.05) is 26.4 Å². The van der Waals surface area contributed by atoms with Crippen LogP contribution in [0.3, 0.4) is 0 Å². The number of ether oxygens (including phenoxy) is 3. The van der Waals surface area contributed by atoms with Gasteiger partial charge in [0.25, 0.3) is 0 Å². The molecule has 0 rings (SSSR count). The van der Waals surface area contributed by atoms with Gasteiger partial charge < -0.3 is 14.2 Å². The molecular formula is C13H28O3. The quantitative estimate of drug-likeness (QED) is 0.572. The minimum absolute atomic E-state index is 0.0366. The Kier molecular flexibility index (Phi) is 8.90. The summed E-state index contributed by atoms with van der Waals surface area (Å²) in [4.78, 5) is 0. The molecule has 0 heterocycles. The number of rotatable bonds is 9. The summed E-state index contributed by atoms with van der Waals surface area (Å²) in [7, 11) is 0. The first-order valence-electron chi connectivity index (χ1n) is 6.25. The van der Waals surface area contributed by atoms with E-state index >= 15 is 0 Å². The van der Waals surface area contributed by atoms with Gasteiger partial charge in [-0.15, -0.1) is 0 Å². The second kappa shape index (κ2) is 8.97. The first kappa shape index (κ1) is 15.9. The van der Waals surface area contributed by atoms with E-state index in [1.54, 1.807) is 0 Å². The Morgan fingerprint density at radius 1 is 0.875 bits per heavy atom. The SMILES string of the molecule is CC(C)OCCCOCCCOC(C)(C)C. The van der Waals surface area contributed by atoms with E-state index in [1.807, 2.05) is 13.8 Å². The van der Waals surface area contributed by atoms with E-state index < -0.39 is 0 Å². The average Bonchev–Trinajstić information content (AvgIpc) is 2.13. The van der Waals surface area contributed by atoms with Crippen LogP contribution in [0.5, 0.6) is 0 Å². The molecule has 16 heavy (non-hydrogen) atoms. The highest BCUT2D eigenvalue weighted by atomic mass is 16.5. The molecule has 0 aromatic rings. The number of hydrogen-bond acceptors (Lipinski definition) is 3. The highest BCUT2D eigenvalue weighted by molar-refractivity contribution is 4.58. The van der Waals surface area contributed by atoms with Crippen LogP contribution in [0.2, 0.25) is 0 Å². The van der Waals surface area contributed by atoms with E-state index in [0.29, 0.717) is 6.10 Å². The minimum atomic E-state index is -0.0366. The van der Waals surface area contributed by atoms with Crippen LogP contribution >= 0.6 is 0 Å². The summed E-state index contributed by atoms with van der Waals surface area (Å²) >= 11 is 0. The van der Waals surface area contributed by atoms with Crippen LogP contribution in [0.15, 0.2) is 0 Å². The highest BCUT2D eigenvalue weighted by Gasteiger charge is 2.08. The maximum atomic E-state index is 5.58. The van der Waals surface area contributed by atoms with Gasteiger partial charge >= 0.3 is 0 Å². The van der Waals surface area contributed by atoms with E-state index in [9.17, 15) is 0 Å². The maximum Gasteiger partial charge on any atom is 0.0598 e. The van der Waals surface area contributed by atoms with Crippen molar-refractivity contribution in [2.45, 2.75) is 59.2 Å². The molecule has 0 unspecified atom stereocenters. The summed E-state index contributed by atoms with van der Waals surface area (Å²) in [6.45, 7) is 13.4. The van der Waals surface area contributed by atoms with Crippen LogP contribution in [0.25, 0.3) is 0 Å². The molecule has 0 aliphatic rings. The fraction of sp³-hybridized carbons (Fsp3) is 1.00. The molecule has 0 bridgehead atoms. The highest BCUT2D eigenvalue weighted by Crippen LogP contribution is 2.06. The van der Waals surface area contributed by atoms with Gasteiger partial charge in [-0.25, -0.2) is 0 Å². The van der Waals surface area contributed by atoms with Gasteiger partial charge in [-0.1, -0.05) is 0 Å². The molecule has 0 aliphatic heterocycles. The van der Waals surface area contributed by atoms with Crippen LogP contribution in [0.4, 0.5) is 0 Å². The smallest absolute Gasteiger partial charge is 0.0598 e. The summed E-state index contributed by atoms with van der Waals surface area (Å²) in [5.74, 6) is 0. The van der Waals surface area contributed by atoms with Gasteiger partial charge in [0.15, 0.2) is 0 Å². The van der Waals surface area contributed by atoms with Crippen molar-refractivity contribution in [2.24, 2.45) is 0 Å². The zero-order valence-corrected chi connectivity index (χ0v) is 11.5. The van der Waals surface area contributed by atoms with Crippen LogP contribution in [-0.4, -0.2) is 38.1 Å². The molecule has 0 radical (unpaired) electrons. The third-order valence-electron chi connectivity index (χ3n) is 1.85. The van der Waals surface area contributed by atoms with Crippen LogP contribution in [0.1, 0.15) is 47.5 Å². The Labute approximate surface area is 100 Å². The predicted octanol–water partition coefficient (Wildman–Crippen LogP) is 3.02. The molecule has 0 spiro atoms. The molecule has 0 amide bonds. The Morgan fingerprint density at radius 2 is 1.44 bits per heavy atom. The summed E-state index contributed by atoms with van der Waals surface area (Å²) in [6.07, 6.45) is 2.25. The fourth-order valence-electron chi connectivity index (χ4n) is 1.12. The topological polar surface area (TPSA) is 27.7 Å².